The van der Waals surface area contributed by atoms with Crippen LogP contribution in [0.15, 0.2) is 60.9 Å². The Bertz CT molecular complexity index is 1090. The number of nitrogens with one attached hydrogen (secondary N) is 2. The highest BCUT2D eigenvalue weighted by Crippen LogP contribution is 2.17. The summed E-state index contributed by atoms with van der Waals surface area (Å²) in [6.45, 7) is 2.35. The Hall–Kier alpha value is -3.81. The van der Waals surface area contributed by atoms with Crippen LogP contribution in [0.5, 0.6) is 0 Å². The molecule has 28 heavy (non-hydrogen) atoms. The Morgan fingerprint density at radius 1 is 1.11 bits per heavy atom. The van der Waals surface area contributed by atoms with E-state index in [9.17, 15) is 4.79 Å². The minimum atomic E-state index is -0.0599. The zero-order chi connectivity index (χ0) is 19.3. The van der Waals surface area contributed by atoms with Gasteiger partial charge in [0.25, 0.3) is 5.78 Å². The fourth-order valence-corrected chi connectivity index (χ4v) is 2.78. The quantitative estimate of drug-likeness (QED) is 0.539. The van der Waals surface area contributed by atoms with Gasteiger partial charge in [0.2, 0.25) is 5.91 Å². The minimum Gasteiger partial charge on any atom is -0.369 e. The molecule has 0 aliphatic heterocycles. The van der Waals surface area contributed by atoms with E-state index >= 15 is 0 Å². The number of anilines is 2. The summed E-state index contributed by atoms with van der Waals surface area (Å²) in [5.74, 6) is 1.72. The summed E-state index contributed by atoms with van der Waals surface area (Å²) < 4.78 is 1.64. The molecule has 0 unspecified atom stereocenters. The fourth-order valence-electron chi connectivity index (χ4n) is 2.78. The van der Waals surface area contributed by atoms with Crippen molar-refractivity contribution in [3.05, 3.63) is 66.6 Å². The van der Waals surface area contributed by atoms with Gasteiger partial charge < -0.3 is 10.6 Å². The zero-order valence-electron chi connectivity index (χ0n) is 15.3. The molecule has 4 rings (SSSR count). The first kappa shape index (κ1) is 17.6. The van der Waals surface area contributed by atoms with Gasteiger partial charge in [-0.15, -0.1) is 5.10 Å². The molecule has 3 aromatic heterocycles. The lowest BCUT2D eigenvalue weighted by molar-refractivity contribution is -0.115. The molecule has 0 saturated heterocycles. The molecule has 8 nitrogen and oxygen atoms in total. The Morgan fingerprint density at radius 3 is 2.75 bits per heavy atom. The molecule has 0 bridgehead atoms. The van der Waals surface area contributed by atoms with Crippen LogP contribution in [0.3, 0.4) is 0 Å². The first-order valence-electron chi connectivity index (χ1n) is 8.92. The predicted molar refractivity (Wildman–Crippen MR) is 107 cm³/mol. The van der Waals surface area contributed by atoms with Crippen molar-refractivity contribution in [2.45, 2.75) is 13.3 Å². The summed E-state index contributed by atoms with van der Waals surface area (Å²) in [6, 6.07) is 15.0. The first-order valence-corrected chi connectivity index (χ1v) is 8.92. The van der Waals surface area contributed by atoms with E-state index in [1.54, 1.807) is 16.9 Å². The van der Waals surface area contributed by atoms with Crippen LogP contribution >= 0.6 is 0 Å². The van der Waals surface area contributed by atoms with Gasteiger partial charge in [-0.05, 0) is 31.2 Å². The molecule has 140 valence electrons. The number of rotatable bonds is 6. The third-order valence-electron chi connectivity index (χ3n) is 4.08. The molecule has 0 aliphatic rings. The fraction of sp³-hybridized carbons (Fsp3) is 0.150. The van der Waals surface area contributed by atoms with Crippen molar-refractivity contribution in [2.75, 3.05) is 17.2 Å². The molecule has 0 radical (unpaired) electrons. The molecule has 1 aromatic carbocycles. The predicted octanol–water partition coefficient (Wildman–Crippen LogP) is 2.94. The molecular weight excluding hydrogens is 354 g/mol. The summed E-state index contributed by atoms with van der Waals surface area (Å²) >= 11 is 0. The summed E-state index contributed by atoms with van der Waals surface area (Å²) in [6.07, 6.45) is 3.74. The monoisotopic (exact) mass is 373 g/mol. The highest BCUT2D eigenvalue weighted by molar-refractivity contribution is 5.90. The lowest BCUT2D eigenvalue weighted by Crippen LogP contribution is -2.17. The molecule has 1 amide bonds. The number of benzene rings is 1. The number of fused-ring (bicyclic) bond motifs is 1. The van der Waals surface area contributed by atoms with Gasteiger partial charge >= 0.3 is 0 Å². The van der Waals surface area contributed by atoms with E-state index in [1.165, 1.54) is 0 Å². The van der Waals surface area contributed by atoms with Crippen molar-refractivity contribution in [1.29, 1.82) is 0 Å². The third-order valence-corrected chi connectivity index (χ3v) is 4.08. The van der Waals surface area contributed by atoms with E-state index < -0.39 is 0 Å². The van der Waals surface area contributed by atoms with Crippen molar-refractivity contribution in [3.8, 4) is 11.4 Å². The molecule has 0 atom stereocenters. The van der Waals surface area contributed by atoms with Gasteiger partial charge in [-0.2, -0.15) is 9.50 Å². The van der Waals surface area contributed by atoms with Crippen LogP contribution in [0, 0.1) is 6.92 Å². The Labute approximate surface area is 161 Å². The van der Waals surface area contributed by atoms with Gasteiger partial charge in [0.05, 0.1) is 0 Å². The second-order valence-corrected chi connectivity index (χ2v) is 6.26. The van der Waals surface area contributed by atoms with Crippen LogP contribution in [0.4, 0.5) is 11.5 Å². The minimum absolute atomic E-state index is 0.0599. The number of hydrogen-bond acceptors (Lipinski definition) is 6. The number of para-hydroxylation sites is 1. The topological polar surface area (TPSA) is 97.1 Å². The highest BCUT2D eigenvalue weighted by Gasteiger charge is 2.12. The van der Waals surface area contributed by atoms with E-state index in [0.29, 0.717) is 24.6 Å². The van der Waals surface area contributed by atoms with Crippen LogP contribution in [-0.2, 0) is 4.79 Å². The van der Waals surface area contributed by atoms with Crippen LogP contribution in [0.1, 0.15) is 12.1 Å². The number of carbonyl (C=O) groups is 1. The van der Waals surface area contributed by atoms with Gasteiger partial charge in [0.1, 0.15) is 5.82 Å². The lowest BCUT2D eigenvalue weighted by Gasteiger charge is -2.09. The van der Waals surface area contributed by atoms with Crippen LogP contribution < -0.4 is 10.6 Å². The molecule has 3 heterocycles. The Kier molecular flexibility index (Phi) is 4.92. The van der Waals surface area contributed by atoms with Gasteiger partial charge in [0.15, 0.2) is 5.82 Å². The Morgan fingerprint density at radius 2 is 1.96 bits per heavy atom. The average Bonchev–Trinajstić information content (AvgIpc) is 3.13. The van der Waals surface area contributed by atoms with E-state index in [-0.39, 0.29) is 5.91 Å². The lowest BCUT2D eigenvalue weighted by atomic mass is 10.3. The van der Waals surface area contributed by atoms with Crippen molar-refractivity contribution in [1.82, 2.24) is 24.6 Å². The molecule has 0 fully saturated rings. The number of aromatic nitrogens is 5. The number of aryl methyl sites for hydroxylation is 1. The SMILES string of the molecule is Cc1cc(NCCC(=O)Nc2ccccc2)n2nc(-c3cccnc3)nc2n1. The maximum atomic E-state index is 12.1. The normalized spacial score (nSPS) is 10.8. The summed E-state index contributed by atoms with van der Waals surface area (Å²) in [5, 5.41) is 10.7. The highest BCUT2D eigenvalue weighted by atomic mass is 16.1. The van der Waals surface area contributed by atoms with Crippen LogP contribution in [0.2, 0.25) is 0 Å². The summed E-state index contributed by atoms with van der Waals surface area (Å²) in [4.78, 5) is 25.1. The summed E-state index contributed by atoms with van der Waals surface area (Å²) in [7, 11) is 0. The van der Waals surface area contributed by atoms with Crippen molar-refractivity contribution >= 4 is 23.2 Å². The Balaban J connectivity index is 1.47. The van der Waals surface area contributed by atoms with E-state index in [2.05, 4.69) is 30.7 Å². The van der Waals surface area contributed by atoms with E-state index in [4.69, 9.17) is 0 Å². The summed E-state index contributed by atoms with van der Waals surface area (Å²) in [5.41, 5.74) is 2.42. The van der Waals surface area contributed by atoms with Crippen LogP contribution in [-0.4, -0.2) is 37.0 Å². The zero-order valence-corrected chi connectivity index (χ0v) is 15.3. The molecular formula is C20H19N7O. The molecule has 4 aromatic rings. The largest absolute Gasteiger partial charge is 0.369 e. The number of pyridine rings is 1. The van der Waals surface area contributed by atoms with E-state index in [0.717, 1.165) is 22.8 Å². The van der Waals surface area contributed by atoms with Crippen molar-refractivity contribution < 1.29 is 4.79 Å². The van der Waals surface area contributed by atoms with Crippen molar-refractivity contribution in [3.63, 3.8) is 0 Å². The third kappa shape index (κ3) is 3.96. The average molecular weight is 373 g/mol. The second-order valence-electron chi connectivity index (χ2n) is 6.26. The molecule has 2 N–H and O–H groups in total. The molecule has 0 saturated carbocycles. The van der Waals surface area contributed by atoms with Gasteiger partial charge in [-0.25, -0.2) is 4.98 Å². The van der Waals surface area contributed by atoms with Crippen molar-refractivity contribution in [2.24, 2.45) is 0 Å². The maximum Gasteiger partial charge on any atom is 0.254 e. The second kappa shape index (κ2) is 7.83. The smallest absolute Gasteiger partial charge is 0.254 e. The molecule has 0 aliphatic carbocycles. The standard InChI is InChI=1S/C20H19N7O/c1-14-12-17(22-11-9-18(28)24-16-7-3-2-4-8-16)27-20(23-14)25-19(26-27)15-6-5-10-21-13-15/h2-8,10,12-13,22H,9,11H2,1H3,(H,24,28). The number of amides is 1. The van der Waals surface area contributed by atoms with Crippen LogP contribution in [0.25, 0.3) is 17.2 Å². The van der Waals surface area contributed by atoms with Gasteiger partial charge in [-0.3, -0.25) is 9.78 Å². The van der Waals surface area contributed by atoms with Gasteiger partial charge in [-0.1, -0.05) is 18.2 Å². The molecule has 8 heteroatoms. The maximum absolute atomic E-state index is 12.1. The number of carbonyl (C=O) groups excluding carboxylic acids is 1. The molecule has 0 spiro atoms. The van der Waals surface area contributed by atoms with Gasteiger partial charge in [0, 0.05) is 48.4 Å². The number of nitrogens with zero attached hydrogens (tertiary/aromatic N) is 5. The first-order chi connectivity index (χ1) is 13.7. The van der Waals surface area contributed by atoms with E-state index in [1.807, 2.05) is 55.5 Å². The number of hydrogen-bond donors (Lipinski definition) is 2.